The van der Waals surface area contributed by atoms with Gasteiger partial charge >= 0.3 is 0 Å². The third-order valence-corrected chi connectivity index (χ3v) is 3.89. The monoisotopic (exact) mass is 268 g/mol. The summed E-state index contributed by atoms with van der Waals surface area (Å²) in [6.07, 6.45) is 4.84. The van der Waals surface area contributed by atoms with Crippen molar-refractivity contribution >= 4 is 11.9 Å². The first kappa shape index (κ1) is 13.0. The fraction of sp³-hybridized carbons (Fsp3) is 0.353. The van der Waals surface area contributed by atoms with Crippen molar-refractivity contribution in [2.24, 2.45) is 0 Å². The van der Waals surface area contributed by atoms with Gasteiger partial charge < -0.3 is 10.6 Å². The van der Waals surface area contributed by atoms with E-state index in [9.17, 15) is 4.79 Å². The number of hydrogen-bond acceptors (Lipinski definition) is 3. The van der Waals surface area contributed by atoms with Crippen molar-refractivity contribution in [2.75, 3.05) is 13.1 Å². The molecule has 0 aromatic heterocycles. The van der Waals surface area contributed by atoms with E-state index in [4.69, 9.17) is 0 Å². The van der Waals surface area contributed by atoms with Crippen molar-refractivity contribution in [3.63, 3.8) is 0 Å². The molecule has 1 saturated heterocycles. The molecular formula is C17H20N2O. The van der Waals surface area contributed by atoms with Crippen molar-refractivity contribution in [3.8, 4) is 0 Å². The molecule has 0 radical (unpaired) electrons. The Labute approximate surface area is 119 Å². The molecule has 0 amide bonds. The third-order valence-electron chi connectivity index (χ3n) is 3.89. The molecule has 1 heterocycles. The van der Waals surface area contributed by atoms with Gasteiger partial charge in [0.25, 0.3) is 0 Å². The lowest BCUT2D eigenvalue weighted by Crippen LogP contribution is -2.22. The van der Waals surface area contributed by atoms with Crippen LogP contribution in [0.1, 0.15) is 30.4 Å². The molecular weight excluding hydrogens is 248 g/mol. The van der Waals surface area contributed by atoms with Gasteiger partial charge in [-0.1, -0.05) is 29.8 Å². The van der Waals surface area contributed by atoms with Crippen LogP contribution in [0.25, 0.3) is 6.08 Å². The molecule has 0 unspecified atom stereocenters. The Morgan fingerprint density at radius 3 is 2.45 bits per heavy atom. The van der Waals surface area contributed by atoms with E-state index in [1.54, 1.807) is 0 Å². The van der Waals surface area contributed by atoms with Crippen LogP contribution >= 0.6 is 0 Å². The minimum absolute atomic E-state index is 0.203. The molecule has 3 rings (SSSR count). The minimum atomic E-state index is 0.203. The highest BCUT2D eigenvalue weighted by molar-refractivity contribution is 6.12. The van der Waals surface area contributed by atoms with Crippen LogP contribution in [0.3, 0.4) is 0 Å². The molecule has 1 aromatic carbocycles. The lowest BCUT2D eigenvalue weighted by Gasteiger charge is -2.18. The van der Waals surface area contributed by atoms with Crippen LogP contribution < -0.4 is 10.6 Å². The summed E-state index contributed by atoms with van der Waals surface area (Å²) in [6.45, 7) is 3.88. The molecule has 1 saturated carbocycles. The highest BCUT2D eigenvalue weighted by Gasteiger charge is 2.25. The first-order valence-corrected chi connectivity index (χ1v) is 7.27. The molecule has 104 valence electrons. The number of allylic oxidation sites excluding steroid dienone is 2. The molecule has 0 bridgehead atoms. The normalized spacial score (nSPS) is 21.1. The Bertz CT molecular complexity index is 574. The van der Waals surface area contributed by atoms with Gasteiger partial charge in [0, 0.05) is 24.2 Å². The Morgan fingerprint density at radius 2 is 1.75 bits per heavy atom. The van der Waals surface area contributed by atoms with Gasteiger partial charge in [-0.2, -0.15) is 0 Å². The number of Topliss-reactive ketones (excluding diaryl/α,β-unsaturated/α-hetero) is 1. The molecule has 3 heteroatoms. The molecule has 20 heavy (non-hydrogen) atoms. The van der Waals surface area contributed by atoms with Gasteiger partial charge in [0.05, 0.1) is 0 Å². The smallest absolute Gasteiger partial charge is 0.188 e. The quantitative estimate of drug-likeness (QED) is 0.769. The largest absolute Gasteiger partial charge is 0.370 e. The Hall–Kier alpha value is -2.03. The standard InChI is InChI=1S/C17H20N2O/c1-12-5-7-13(8-6-12)11-14-3-2-4-15(16(14)20)17-18-9-10-19-17/h5-8,11,18-19H,2-4,9-10H2,1H3/b14-11+. The average Bonchev–Trinajstić information content (AvgIpc) is 2.97. The third kappa shape index (κ3) is 2.62. The van der Waals surface area contributed by atoms with Gasteiger partial charge in [0.2, 0.25) is 0 Å². The Balaban J connectivity index is 1.88. The number of hydrogen-bond donors (Lipinski definition) is 2. The number of rotatable bonds is 1. The summed E-state index contributed by atoms with van der Waals surface area (Å²) in [7, 11) is 0. The first-order chi connectivity index (χ1) is 9.74. The molecule has 1 aromatic rings. The fourth-order valence-corrected chi connectivity index (χ4v) is 2.77. The van der Waals surface area contributed by atoms with Crippen molar-refractivity contribution in [1.82, 2.24) is 10.6 Å². The van der Waals surface area contributed by atoms with E-state index in [1.165, 1.54) is 5.56 Å². The maximum absolute atomic E-state index is 12.6. The summed E-state index contributed by atoms with van der Waals surface area (Å²) >= 11 is 0. The summed E-state index contributed by atoms with van der Waals surface area (Å²) in [5.41, 5.74) is 4.20. The zero-order chi connectivity index (χ0) is 13.9. The number of carbonyl (C=O) groups excluding carboxylic acids is 1. The SMILES string of the molecule is Cc1ccc(/C=C2\CCCC(=C3NCCN3)C2=O)cc1. The van der Waals surface area contributed by atoms with Gasteiger partial charge in [0.15, 0.2) is 5.78 Å². The molecule has 2 N–H and O–H groups in total. The van der Waals surface area contributed by atoms with Gasteiger partial charge in [-0.3, -0.25) is 4.79 Å². The zero-order valence-electron chi connectivity index (χ0n) is 11.8. The minimum Gasteiger partial charge on any atom is -0.370 e. The van der Waals surface area contributed by atoms with Crippen LogP contribution in [0.4, 0.5) is 0 Å². The number of nitrogens with one attached hydrogen (secondary N) is 2. The fourth-order valence-electron chi connectivity index (χ4n) is 2.77. The molecule has 0 atom stereocenters. The second kappa shape index (κ2) is 5.53. The van der Waals surface area contributed by atoms with Crippen molar-refractivity contribution < 1.29 is 4.79 Å². The van der Waals surface area contributed by atoms with Crippen molar-refractivity contribution in [1.29, 1.82) is 0 Å². The van der Waals surface area contributed by atoms with E-state index in [-0.39, 0.29) is 5.78 Å². The van der Waals surface area contributed by atoms with E-state index < -0.39 is 0 Å². The summed E-state index contributed by atoms with van der Waals surface area (Å²) in [6, 6.07) is 8.31. The molecule has 1 aliphatic carbocycles. The maximum atomic E-state index is 12.6. The summed E-state index contributed by atoms with van der Waals surface area (Å²) in [5.74, 6) is 1.15. The number of benzene rings is 1. The highest BCUT2D eigenvalue weighted by atomic mass is 16.1. The van der Waals surface area contributed by atoms with Gasteiger partial charge in [0.1, 0.15) is 5.82 Å². The lowest BCUT2D eigenvalue weighted by molar-refractivity contribution is -0.113. The second-order valence-electron chi connectivity index (χ2n) is 5.47. The molecule has 1 aliphatic heterocycles. The van der Waals surface area contributed by atoms with Gasteiger partial charge in [-0.15, -0.1) is 0 Å². The van der Waals surface area contributed by atoms with Crippen LogP contribution in [0, 0.1) is 6.92 Å². The predicted molar refractivity (Wildman–Crippen MR) is 81.0 cm³/mol. The van der Waals surface area contributed by atoms with Crippen molar-refractivity contribution in [3.05, 3.63) is 52.4 Å². The van der Waals surface area contributed by atoms with Gasteiger partial charge in [-0.05, 0) is 37.8 Å². The summed E-state index contributed by atoms with van der Waals surface area (Å²) < 4.78 is 0. The van der Waals surface area contributed by atoms with Crippen LogP contribution in [0.15, 0.2) is 41.2 Å². The molecule has 2 aliphatic rings. The molecule has 0 spiro atoms. The highest BCUT2D eigenvalue weighted by Crippen LogP contribution is 2.28. The van der Waals surface area contributed by atoms with E-state index in [1.807, 2.05) is 6.08 Å². The molecule has 2 fully saturated rings. The van der Waals surface area contributed by atoms with Crippen molar-refractivity contribution in [2.45, 2.75) is 26.2 Å². The van der Waals surface area contributed by atoms with Crippen LogP contribution in [-0.2, 0) is 4.79 Å². The number of carbonyl (C=O) groups is 1. The van der Waals surface area contributed by atoms with Crippen LogP contribution in [-0.4, -0.2) is 18.9 Å². The maximum Gasteiger partial charge on any atom is 0.188 e. The Kier molecular flexibility index (Phi) is 3.59. The summed E-state index contributed by atoms with van der Waals surface area (Å²) in [5, 5.41) is 6.54. The van der Waals surface area contributed by atoms with E-state index in [0.29, 0.717) is 0 Å². The van der Waals surface area contributed by atoms with Crippen LogP contribution in [0.2, 0.25) is 0 Å². The second-order valence-corrected chi connectivity index (χ2v) is 5.47. The predicted octanol–water partition coefficient (Wildman–Crippen LogP) is 2.54. The van der Waals surface area contributed by atoms with E-state index in [0.717, 1.165) is 54.9 Å². The summed E-state index contributed by atoms with van der Waals surface area (Å²) in [4.78, 5) is 12.6. The Morgan fingerprint density at radius 1 is 1.05 bits per heavy atom. The number of aryl methyl sites for hydroxylation is 1. The molecule has 3 nitrogen and oxygen atoms in total. The van der Waals surface area contributed by atoms with Crippen LogP contribution in [0.5, 0.6) is 0 Å². The van der Waals surface area contributed by atoms with Gasteiger partial charge in [-0.25, -0.2) is 0 Å². The van der Waals surface area contributed by atoms with E-state index >= 15 is 0 Å². The lowest BCUT2D eigenvalue weighted by atomic mass is 9.87. The average molecular weight is 268 g/mol. The zero-order valence-corrected chi connectivity index (χ0v) is 11.8. The number of ketones is 1. The topological polar surface area (TPSA) is 41.1 Å². The van der Waals surface area contributed by atoms with E-state index in [2.05, 4.69) is 41.8 Å². The first-order valence-electron chi connectivity index (χ1n) is 7.27.